The third kappa shape index (κ3) is 3.09. The molecule has 0 atom stereocenters. The molecule has 106 valence electrons. The number of para-hydroxylation sites is 1. The third-order valence-corrected chi connectivity index (χ3v) is 2.88. The van der Waals surface area contributed by atoms with Gasteiger partial charge in [0, 0.05) is 12.1 Å². The number of phenolic OH excluding ortho intramolecular Hbond substituents is 2. The van der Waals surface area contributed by atoms with E-state index in [1.54, 1.807) is 0 Å². The molecule has 0 unspecified atom stereocenters. The average molecular weight is 286 g/mol. The molecular formula is C15H11FN2O3. The van der Waals surface area contributed by atoms with Gasteiger partial charge in [-0.1, -0.05) is 12.1 Å². The molecule has 0 heterocycles. The number of benzene rings is 2. The van der Waals surface area contributed by atoms with Crippen LogP contribution in [0.15, 0.2) is 36.4 Å². The zero-order valence-corrected chi connectivity index (χ0v) is 10.8. The Morgan fingerprint density at radius 2 is 2.05 bits per heavy atom. The first-order valence-electron chi connectivity index (χ1n) is 6.00. The Morgan fingerprint density at radius 3 is 2.71 bits per heavy atom. The van der Waals surface area contributed by atoms with Gasteiger partial charge in [-0.15, -0.1) is 0 Å². The van der Waals surface area contributed by atoms with Crippen LogP contribution in [-0.4, -0.2) is 16.1 Å². The number of carbonyl (C=O) groups is 1. The van der Waals surface area contributed by atoms with Gasteiger partial charge in [0.2, 0.25) is 0 Å². The normalized spacial score (nSPS) is 9.90. The lowest BCUT2D eigenvalue weighted by molar-refractivity contribution is 0.0947. The molecule has 5 nitrogen and oxygen atoms in total. The summed E-state index contributed by atoms with van der Waals surface area (Å²) in [5.41, 5.74) is 0.291. The van der Waals surface area contributed by atoms with Gasteiger partial charge in [0.05, 0.1) is 17.2 Å². The molecular weight excluding hydrogens is 275 g/mol. The van der Waals surface area contributed by atoms with Crippen LogP contribution < -0.4 is 5.32 Å². The van der Waals surface area contributed by atoms with E-state index in [9.17, 15) is 19.4 Å². The molecule has 21 heavy (non-hydrogen) atoms. The van der Waals surface area contributed by atoms with Crippen LogP contribution in [0, 0.1) is 17.1 Å². The molecule has 2 aromatic rings. The highest BCUT2D eigenvalue weighted by atomic mass is 19.1. The molecule has 0 aliphatic heterocycles. The zero-order chi connectivity index (χ0) is 15.4. The van der Waals surface area contributed by atoms with Crippen molar-refractivity contribution in [2.45, 2.75) is 6.54 Å². The summed E-state index contributed by atoms with van der Waals surface area (Å²) in [6.45, 7) is -0.106. The van der Waals surface area contributed by atoms with Crippen LogP contribution >= 0.6 is 0 Å². The minimum Gasteiger partial charge on any atom is -0.504 e. The summed E-state index contributed by atoms with van der Waals surface area (Å²) in [7, 11) is 0. The molecule has 6 heteroatoms. The fourth-order valence-electron chi connectivity index (χ4n) is 1.75. The van der Waals surface area contributed by atoms with E-state index in [-0.39, 0.29) is 23.2 Å². The van der Waals surface area contributed by atoms with Crippen molar-refractivity contribution in [1.82, 2.24) is 5.32 Å². The van der Waals surface area contributed by atoms with Crippen molar-refractivity contribution in [2.75, 3.05) is 0 Å². The lowest BCUT2D eigenvalue weighted by atomic mass is 10.1. The Bertz CT molecular complexity index is 738. The van der Waals surface area contributed by atoms with Crippen molar-refractivity contribution >= 4 is 5.91 Å². The minimum atomic E-state index is -0.646. The summed E-state index contributed by atoms with van der Waals surface area (Å²) in [5.74, 6) is -2.19. The largest absolute Gasteiger partial charge is 0.504 e. The van der Waals surface area contributed by atoms with Crippen LogP contribution in [0.5, 0.6) is 11.5 Å². The molecule has 1 amide bonds. The van der Waals surface area contributed by atoms with Crippen molar-refractivity contribution < 1.29 is 19.4 Å². The highest BCUT2D eigenvalue weighted by Crippen LogP contribution is 2.28. The number of nitrogens with zero attached hydrogens (tertiary/aromatic N) is 1. The molecule has 0 bridgehead atoms. The maximum Gasteiger partial charge on any atom is 0.255 e. The first-order valence-corrected chi connectivity index (χ1v) is 6.00. The number of hydrogen-bond donors (Lipinski definition) is 3. The number of carbonyl (C=O) groups excluding carboxylic acids is 1. The number of phenols is 2. The average Bonchev–Trinajstić information content (AvgIpc) is 2.48. The zero-order valence-electron chi connectivity index (χ0n) is 10.8. The molecule has 2 aromatic carbocycles. The third-order valence-electron chi connectivity index (χ3n) is 2.88. The summed E-state index contributed by atoms with van der Waals surface area (Å²) >= 11 is 0. The lowest BCUT2D eigenvalue weighted by Crippen LogP contribution is -2.23. The SMILES string of the molecule is N#Cc1ccc(CNC(=O)c2cccc(O)c2O)c(F)c1. The van der Waals surface area contributed by atoms with Gasteiger partial charge in [0.15, 0.2) is 11.5 Å². The minimum absolute atomic E-state index is 0.106. The molecule has 0 aromatic heterocycles. The Hall–Kier alpha value is -3.07. The van der Waals surface area contributed by atoms with Gasteiger partial charge in [-0.3, -0.25) is 4.79 Å². The van der Waals surface area contributed by atoms with E-state index in [1.165, 1.54) is 30.3 Å². The van der Waals surface area contributed by atoms with Crippen molar-refractivity contribution in [3.8, 4) is 17.6 Å². The van der Waals surface area contributed by atoms with E-state index in [1.807, 2.05) is 6.07 Å². The number of rotatable bonds is 3. The molecule has 0 saturated heterocycles. The van der Waals surface area contributed by atoms with Crippen LogP contribution in [-0.2, 0) is 6.54 Å². The monoisotopic (exact) mass is 286 g/mol. The highest BCUT2D eigenvalue weighted by Gasteiger charge is 2.14. The smallest absolute Gasteiger partial charge is 0.255 e. The molecule has 0 aliphatic carbocycles. The predicted molar refractivity (Wildman–Crippen MR) is 72.1 cm³/mol. The summed E-state index contributed by atoms with van der Waals surface area (Å²) < 4.78 is 13.6. The first-order chi connectivity index (χ1) is 10.0. The van der Waals surface area contributed by atoms with Gasteiger partial charge < -0.3 is 15.5 Å². The van der Waals surface area contributed by atoms with Gasteiger partial charge in [-0.2, -0.15) is 5.26 Å². The summed E-state index contributed by atoms with van der Waals surface area (Å²) in [5, 5.41) is 29.9. The van der Waals surface area contributed by atoms with Crippen LogP contribution in [0.3, 0.4) is 0 Å². The van der Waals surface area contributed by atoms with Gasteiger partial charge in [0.25, 0.3) is 5.91 Å². The Kier molecular flexibility index (Phi) is 4.05. The van der Waals surface area contributed by atoms with Gasteiger partial charge in [-0.25, -0.2) is 4.39 Å². The molecule has 2 rings (SSSR count). The van der Waals surface area contributed by atoms with E-state index in [0.29, 0.717) is 0 Å². The second kappa shape index (κ2) is 5.92. The molecule has 3 N–H and O–H groups in total. The van der Waals surface area contributed by atoms with Gasteiger partial charge >= 0.3 is 0 Å². The quantitative estimate of drug-likeness (QED) is 0.753. The van der Waals surface area contributed by atoms with Crippen LogP contribution in [0.2, 0.25) is 0 Å². The fraction of sp³-hybridized carbons (Fsp3) is 0.0667. The van der Waals surface area contributed by atoms with Crippen LogP contribution in [0.25, 0.3) is 0 Å². The maximum atomic E-state index is 13.6. The number of hydrogen-bond acceptors (Lipinski definition) is 4. The van der Waals surface area contributed by atoms with Crippen molar-refractivity contribution in [2.24, 2.45) is 0 Å². The number of nitriles is 1. The van der Waals surface area contributed by atoms with E-state index >= 15 is 0 Å². The van der Waals surface area contributed by atoms with Gasteiger partial charge in [-0.05, 0) is 24.3 Å². The molecule has 0 aliphatic rings. The molecule has 0 saturated carbocycles. The standard InChI is InChI=1S/C15H11FN2O3/c16-12-6-9(7-17)4-5-10(12)8-18-15(21)11-2-1-3-13(19)14(11)20/h1-6,19-20H,8H2,(H,18,21). The lowest BCUT2D eigenvalue weighted by Gasteiger charge is -2.08. The fourth-order valence-corrected chi connectivity index (χ4v) is 1.75. The van der Waals surface area contributed by atoms with Gasteiger partial charge in [0.1, 0.15) is 5.82 Å². The van der Waals surface area contributed by atoms with E-state index in [4.69, 9.17) is 5.26 Å². The second-order valence-electron chi connectivity index (χ2n) is 4.27. The topological polar surface area (TPSA) is 93.4 Å². The Balaban J connectivity index is 2.11. The number of nitrogens with one attached hydrogen (secondary N) is 1. The second-order valence-corrected chi connectivity index (χ2v) is 4.27. The van der Waals surface area contributed by atoms with E-state index in [0.717, 1.165) is 6.07 Å². The number of halogens is 1. The molecule has 0 fully saturated rings. The number of aromatic hydroxyl groups is 2. The van der Waals surface area contributed by atoms with Crippen molar-refractivity contribution in [3.05, 3.63) is 58.9 Å². The van der Waals surface area contributed by atoms with E-state index < -0.39 is 23.2 Å². The summed E-state index contributed by atoms with van der Waals surface area (Å²) in [6.07, 6.45) is 0. The predicted octanol–water partition coefficient (Wildman–Crippen LogP) is 2.04. The maximum absolute atomic E-state index is 13.6. The highest BCUT2D eigenvalue weighted by molar-refractivity contribution is 5.97. The van der Waals surface area contributed by atoms with E-state index in [2.05, 4.69) is 5.32 Å². The first kappa shape index (κ1) is 14.3. The molecule has 0 radical (unpaired) electrons. The number of amides is 1. The van der Waals surface area contributed by atoms with Crippen LogP contribution in [0.1, 0.15) is 21.5 Å². The summed E-state index contributed by atoms with van der Waals surface area (Å²) in [4.78, 5) is 11.9. The Labute approximate surface area is 119 Å². The Morgan fingerprint density at radius 1 is 1.29 bits per heavy atom. The summed E-state index contributed by atoms with van der Waals surface area (Å²) in [6, 6.07) is 9.71. The van der Waals surface area contributed by atoms with Crippen LogP contribution in [0.4, 0.5) is 4.39 Å². The molecule has 0 spiro atoms. The van der Waals surface area contributed by atoms with Crippen molar-refractivity contribution in [1.29, 1.82) is 5.26 Å². The van der Waals surface area contributed by atoms with Crippen molar-refractivity contribution in [3.63, 3.8) is 0 Å².